The molecule has 2 fully saturated rings. The van der Waals surface area contributed by atoms with E-state index in [4.69, 9.17) is 16.3 Å². The minimum Gasteiger partial charge on any atom is -0.465 e. The smallest absolute Gasteiger partial charge is 0.407 e. The number of hydrogen-bond donors (Lipinski definition) is 1. The van der Waals surface area contributed by atoms with Crippen LogP contribution >= 0.6 is 11.6 Å². The molecule has 7 heteroatoms. The second-order valence-electron chi connectivity index (χ2n) is 8.21. The number of amides is 1. The molecule has 2 aliphatic rings. The molecular weight excluding hydrogens is 378 g/mol. The topological polar surface area (TPSA) is 56.2 Å². The lowest BCUT2D eigenvalue weighted by Gasteiger charge is -2.39. The summed E-state index contributed by atoms with van der Waals surface area (Å²) in [6.45, 7) is 10.8. The zero-order valence-corrected chi connectivity index (χ0v) is 17.9. The van der Waals surface area contributed by atoms with Gasteiger partial charge < -0.3 is 19.6 Å². The van der Waals surface area contributed by atoms with Crippen LogP contribution in [0.5, 0.6) is 0 Å². The number of rotatable bonds is 5. The van der Waals surface area contributed by atoms with Gasteiger partial charge in [0, 0.05) is 45.3 Å². The van der Waals surface area contributed by atoms with Crippen LogP contribution in [0.4, 0.5) is 10.5 Å². The highest BCUT2D eigenvalue weighted by molar-refractivity contribution is 6.33. The van der Waals surface area contributed by atoms with Crippen LogP contribution in [-0.2, 0) is 11.3 Å². The monoisotopic (exact) mass is 409 g/mol. The molecule has 156 valence electrons. The van der Waals surface area contributed by atoms with E-state index >= 15 is 0 Å². The van der Waals surface area contributed by atoms with Gasteiger partial charge in [0.2, 0.25) is 0 Å². The molecule has 1 atom stereocenters. The molecule has 0 saturated carbocycles. The molecule has 3 rings (SSSR count). The molecule has 1 unspecified atom stereocenters. The lowest BCUT2D eigenvalue weighted by molar-refractivity contribution is -0.00478. The Morgan fingerprint density at radius 2 is 1.96 bits per heavy atom. The maximum absolute atomic E-state index is 11.2. The standard InChI is InChI=1S/C21H32ClN3O3/c1-15(2)28-18-6-8-23(9-7-18)20-12-17(4-5-19(20)22)14-24-10-11-25(21(26)27)13-16(24)3/h4-5,12,15-16,18H,6-11,13-14H2,1-3H3,(H,26,27). The van der Waals surface area contributed by atoms with Gasteiger partial charge in [-0.25, -0.2) is 4.79 Å². The SMILES string of the molecule is CC(C)OC1CCN(c2cc(CN3CCN(C(=O)O)CC3C)ccc2Cl)CC1. The van der Waals surface area contributed by atoms with Crippen molar-refractivity contribution in [3.05, 3.63) is 28.8 Å². The molecule has 0 spiro atoms. The number of carbonyl (C=O) groups is 1. The van der Waals surface area contributed by atoms with Gasteiger partial charge in [0.1, 0.15) is 0 Å². The third-order valence-electron chi connectivity index (χ3n) is 5.68. The minimum atomic E-state index is -0.829. The fourth-order valence-electron chi connectivity index (χ4n) is 4.16. The number of carboxylic acid groups (broad SMARTS) is 1. The van der Waals surface area contributed by atoms with E-state index in [1.165, 1.54) is 10.5 Å². The van der Waals surface area contributed by atoms with Gasteiger partial charge in [-0.05, 0) is 51.3 Å². The molecule has 1 N–H and O–H groups in total. The van der Waals surface area contributed by atoms with E-state index in [2.05, 4.69) is 42.7 Å². The summed E-state index contributed by atoms with van der Waals surface area (Å²) >= 11 is 6.52. The second kappa shape index (κ2) is 9.33. The Morgan fingerprint density at radius 1 is 1.25 bits per heavy atom. The van der Waals surface area contributed by atoms with E-state index < -0.39 is 6.09 Å². The molecule has 0 radical (unpaired) electrons. The van der Waals surface area contributed by atoms with Gasteiger partial charge in [-0.3, -0.25) is 4.90 Å². The Bertz CT molecular complexity index is 677. The fourth-order valence-corrected chi connectivity index (χ4v) is 4.39. The van der Waals surface area contributed by atoms with Crippen molar-refractivity contribution in [2.24, 2.45) is 0 Å². The fraction of sp³-hybridized carbons (Fsp3) is 0.667. The van der Waals surface area contributed by atoms with Crippen molar-refractivity contribution in [3.8, 4) is 0 Å². The Hall–Kier alpha value is -1.50. The van der Waals surface area contributed by atoms with Gasteiger partial charge in [0.25, 0.3) is 0 Å². The number of benzene rings is 1. The van der Waals surface area contributed by atoms with Crippen LogP contribution in [0, 0.1) is 0 Å². The quantitative estimate of drug-likeness (QED) is 0.798. The lowest BCUT2D eigenvalue weighted by Crippen LogP contribution is -2.52. The number of nitrogens with zero attached hydrogens (tertiary/aromatic N) is 3. The molecule has 1 amide bonds. The molecule has 1 aromatic rings. The number of ether oxygens (including phenoxy) is 1. The predicted molar refractivity (Wildman–Crippen MR) is 112 cm³/mol. The first-order valence-corrected chi connectivity index (χ1v) is 10.6. The number of piperidine rings is 1. The van der Waals surface area contributed by atoms with Crippen LogP contribution in [0.15, 0.2) is 18.2 Å². The van der Waals surface area contributed by atoms with Crippen LogP contribution in [0.25, 0.3) is 0 Å². The van der Waals surface area contributed by atoms with Crippen molar-refractivity contribution in [3.63, 3.8) is 0 Å². The minimum absolute atomic E-state index is 0.202. The zero-order valence-electron chi connectivity index (χ0n) is 17.1. The maximum atomic E-state index is 11.2. The number of anilines is 1. The molecule has 2 saturated heterocycles. The summed E-state index contributed by atoms with van der Waals surface area (Å²) in [7, 11) is 0. The first kappa shape index (κ1) is 21.2. The van der Waals surface area contributed by atoms with Crippen molar-refractivity contribution >= 4 is 23.4 Å². The molecular formula is C21H32ClN3O3. The van der Waals surface area contributed by atoms with E-state index in [0.717, 1.165) is 49.7 Å². The summed E-state index contributed by atoms with van der Waals surface area (Å²) < 4.78 is 5.96. The largest absolute Gasteiger partial charge is 0.465 e. The highest BCUT2D eigenvalue weighted by Crippen LogP contribution is 2.31. The highest BCUT2D eigenvalue weighted by atomic mass is 35.5. The summed E-state index contributed by atoms with van der Waals surface area (Å²) in [4.78, 5) is 17.4. The Labute approximate surface area is 173 Å². The van der Waals surface area contributed by atoms with Gasteiger partial charge in [-0.2, -0.15) is 0 Å². The van der Waals surface area contributed by atoms with Gasteiger partial charge >= 0.3 is 6.09 Å². The van der Waals surface area contributed by atoms with Gasteiger partial charge in [0.15, 0.2) is 0 Å². The van der Waals surface area contributed by atoms with Crippen LogP contribution in [0.3, 0.4) is 0 Å². The predicted octanol–water partition coefficient (Wildman–Crippen LogP) is 3.92. The molecule has 0 bridgehead atoms. The van der Waals surface area contributed by atoms with Crippen LogP contribution in [0.2, 0.25) is 5.02 Å². The highest BCUT2D eigenvalue weighted by Gasteiger charge is 2.27. The molecule has 2 heterocycles. The van der Waals surface area contributed by atoms with Crippen molar-refractivity contribution < 1.29 is 14.6 Å². The van der Waals surface area contributed by atoms with Crippen LogP contribution in [0.1, 0.15) is 39.2 Å². The summed E-state index contributed by atoms with van der Waals surface area (Å²) in [6, 6.07) is 6.47. The normalized spacial score (nSPS) is 22.1. The van der Waals surface area contributed by atoms with Crippen molar-refractivity contribution in [1.29, 1.82) is 0 Å². The molecule has 6 nitrogen and oxygen atoms in total. The maximum Gasteiger partial charge on any atom is 0.407 e. The molecule has 0 aromatic heterocycles. The molecule has 2 aliphatic heterocycles. The Kier molecular flexibility index (Phi) is 7.07. The van der Waals surface area contributed by atoms with Crippen molar-refractivity contribution in [2.45, 2.75) is 58.4 Å². The second-order valence-corrected chi connectivity index (χ2v) is 8.61. The molecule has 0 aliphatic carbocycles. The first-order valence-electron chi connectivity index (χ1n) is 10.2. The zero-order chi connectivity index (χ0) is 20.3. The third-order valence-corrected chi connectivity index (χ3v) is 6.00. The first-order chi connectivity index (χ1) is 13.3. The average molecular weight is 410 g/mol. The third kappa shape index (κ3) is 5.31. The van der Waals surface area contributed by atoms with E-state index in [1.807, 2.05) is 6.07 Å². The van der Waals surface area contributed by atoms with Crippen molar-refractivity contribution in [2.75, 3.05) is 37.6 Å². The van der Waals surface area contributed by atoms with E-state index in [0.29, 0.717) is 19.2 Å². The van der Waals surface area contributed by atoms with Gasteiger partial charge in [0.05, 0.1) is 22.9 Å². The molecule has 28 heavy (non-hydrogen) atoms. The van der Waals surface area contributed by atoms with Crippen LogP contribution < -0.4 is 4.90 Å². The summed E-state index contributed by atoms with van der Waals surface area (Å²) in [6.07, 6.45) is 1.82. The molecule has 1 aromatic carbocycles. The lowest BCUT2D eigenvalue weighted by atomic mass is 10.1. The van der Waals surface area contributed by atoms with E-state index in [-0.39, 0.29) is 12.1 Å². The van der Waals surface area contributed by atoms with Crippen LogP contribution in [-0.4, -0.2) is 72.0 Å². The van der Waals surface area contributed by atoms with E-state index in [1.54, 1.807) is 0 Å². The number of hydrogen-bond acceptors (Lipinski definition) is 4. The van der Waals surface area contributed by atoms with Gasteiger partial charge in [-0.15, -0.1) is 0 Å². The van der Waals surface area contributed by atoms with E-state index in [9.17, 15) is 9.90 Å². The summed E-state index contributed by atoms with van der Waals surface area (Å²) in [5.74, 6) is 0. The summed E-state index contributed by atoms with van der Waals surface area (Å²) in [5.41, 5.74) is 2.31. The van der Waals surface area contributed by atoms with Crippen molar-refractivity contribution in [1.82, 2.24) is 9.80 Å². The Balaban J connectivity index is 1.62. The average Bonchev–Trinajstić information content (AvgIpc) is 2.65. The number of piperazine rings is 1. The van der Waals surface area contributed by atoms with Gasteiger partial charge in [-0.1, -0.05) is 17.7 Å². The Morgan fingerprint density at radius 3 is 2.57 bits per heavy atom. The number of halogens is 1. The summed E-state index contributed by atoms with van der Waals surface area (Å²) in [5, 5.41) is 9.98.